The third kappa shape index (κ3) is 2.03. The molecule has 0 aromatic carbocycles. The molecule has 0 bridgehead atoms. The van der Waals surface area contributed by atoms with Crippen LogP contribution < -0.4 is 0 Å². The smallest absolute Gasteiger partial charge is 0.165 e. The van der Waals surface area contributed by atoms with Gasteiger partial charge >= 0.3 is 0 Å². The van der Waals surface area contributed by atoms with Gasteiger partial charge in [0, 0.05) is 38.5 Å². The standard InChI is InChI=1S/C16H21N5/c1-19-7-3-12(4-8-19)14-15-13(5-9-20(15)2)6-10-21-11-17-18-16(14)21/h5,9,11H,3-4,6-8,10H2,1-2H3. The number of piperidine rings is 1. The molecule has 4 rings (SSSR count). The Morgan fingerprint density at radius 1 is 1.05 bits per heavy atom. The van der Waals surface area contributed by atoms with E-state index in [9.17, 15) is 0 Å². The molecule has 0 unspecified atom stereocenters. The van der Waals surface area contributed by atoms with Gasteiger partial charge in [0.25, 0.3) is 0 Å². The van der Waals surface area contributed by atoms with Gasteiger partial charge in [-0.15, -0.1) is 10.2 Å². The monoisotopic (exact) mass is 283 g/mol. The molecule has 1 fully saturated rings. The highest BCUT2D eigenvalue weighted by Crippen LogP contribution is 2.35. The second-order valence-corrected chi connectivity index (χ2v) is 6.18. The lowest BCUT2D eigenvalue weighted by Crippen LogP contribution is -2.27. The zero-order chi connectivity index (χ0) is 14.4. The Hall–Kier alpha value is -1.88. The van der Waals surface area contributed by atoms with E-state index in [1.165, 1.54) is 22.4 Å². The van der Waals surface area contributed by atoms with Gasteiger partial charge in [-0.2, -0.15) is 0 Å². The molecule has 0 radical (unpaired) electrons. The lowest BCUT2D eigenvalue weighted by molar-refractivity contribution is 0.313. The van der Waals surface area contributed by atoms with E-state index in [0.29, 0.717) is 0 Å². The molecule has 0 spiro atoms. The quantitative estimate of drug-likeness (QED) is 0.739. The van der Waals surface area contributed by atoms with Gasteiger partial charge in [0.05, 0.1) is 5.69 Å². The van der Waals surface area contributed by atoms with Crippen LogP contribution in [0.3, 0.4) is 0 Å². The number of likely N-dealkylation sites (tertiary alicyclic amines) is 1. The van der Waals surface area contributed by atoms with Gasteiger partial charge in [-0.25, -0.2) is 0 Å². The summed E-state index contributed by atoms with van der Waals surface area (Å²) >= 11 is 0. The highest BCUT2D eigenvalue weighted by atomic mass is 15.3. The maximum absolute atomic E-state index is 4.44. The van der Waals surface area contributed by atoms with Crippen LogP contribution in [0, 0.1) is 0 Å². The van der Waals surface area contributed by atoms with E-state index in [1.54, 1.807) is 0 Å². The van der Waals surface area contributed by atoms with Gasteiger partial charge in [0.15, 0.2) is 5.82 Å². The van der Waals surface area contributed by atoms with Crippen molar-refractivity contribution in [2.24, 2.45) is 7.05 Å². The molecule has 0 N–H and O–H groups in total. The van der Waals surface area contributed by atoms with E-state index >= 15 is 0 Å². The Morgan fingerprint density at radius 2 is 1.86 bits per heavy atom. The summed E-state index contributed by atoms with van der Waals surface area (Å²) in [6.45, 7) is 3.23. The highest BCUT2D eigenvalue weighted by Gasteiger charge is 2.26. The van der Waals surface area contributed by atoms with E-state index in [1.807, 2.05) is 6.33 Å². The summed E-state index contributed by atoms with van der Waals surface area (Å²) in [6.07, 6.45) is 7.35. The molecule has 110 valence electrons. The van der Waals surface area contributed by atoms with Gasteiger partial charge < -0.3 is 14.0 Å². The molecule has 0 aliphatic carbocycles. The normalized spacial score (nSPS) is 19.3. The largest absolute Gasteiger partial charge is 0.350 e. The van der Waals surface area contributed by atoms with Crippen molar-refractivity contribution in [2.75, 3.05) is 20.1 Å². The molecule has 5 heteroatoms. The molecular weight excluding hydrogens is 262 g/mol. The summed E-state index contributed by atoms with van der Waals surface area (Å²) in [5.74, 6) is 1.05. The molecule has 0 amide bonds. The van der Waals surface area contributed by atoms with Crippen molar-refractivity contribution in [2.45, 2.75) is 25.8 Å². The van der Waals surface area contributed by atoms with Crippen molar-refractivity contribution in [3.05, 3.63) is 41.2 Å². The SMILES string of the molecule is CN1CCC(=C2c3c(ccn3C)CCn3cnnc32)CC1. The summed E-state index contributed by atoms with van der Waals surface area (Å²) in [7, 11) is 4.34. The Kier molecular flexibility index (Phi) is 2.96. The third-order valence-corrected chi connectivity index (χ3v) is 4.80. The second kappa shape index (κ2) is 4.84. The molecule has 0 saturated carbocycles. The highest BCUT2D eigenvalue weighted by molar-refractivity contribution is 5.80. The number of nitrogens with zero attached hydrogens (tertiary/aromatic N) is 5. The summed E-state index contributed by atoms with van der Waals surface area (Å²) in [6, 6.07) is 2.25. The molecule has 2 aliphatic rings. The number of hydrogen-bond donors (Lipinski definition) is 0. The summed E-state index contributed by atoms with van der Waals surface area (Å²) < 4.78 is 4.46. The van der Waals surface area contributed by atoms with E-state index in [0.717, 1.165) is 44.7 Å². The fourth-order valence-electron chi connectivity index (χ4n) is 3.54. The average Bonchev–Trinajstić information content (AvgIpc) is 3.05. The summed E-state index contributed by atoms with van der Waals surface area (Å²) in [4.78, 5) is 2.40. The zero-order valence-electron chi connectivity index (χ0n) is 12.7. The molecular formula is C16H21N5. The van der Waals surface area contributed by atoms with Crippen LogP contribution in [-0.4, -0.2) is 44.4 Å². The Morgan fingerprint density at radius 3 is 2.67 bits per heavy atom. The fourth-order valence-corrected chi connectivity index (χ4v) is 3.54. The van der Waals surface area contributed by atoms with Crippen molar-refractivity contribution < 1.29 is 0 Å². The number of aromatic nitrogens is 4. The molecule has 2 aromatic heterocycles. The topological polar surface area (TPSA) is 38.9 Å². The molecule has 4 heterocycles. The van der Waals surface area contributed by atoms with Gasteiger partial charge in [0.2, 0.25) is 0 Å². The molecule has 1 saturated heterocycles. The van der Waals surface area contributed by atoms with Crippen molar-refractivity contribution in [1.82, 2.24) is 24.2 Å². The average molecular weight is 283 g/mol. The minimum absolute atomic E-state index is 0.968. The third-order valence-electron chi connectivity index (χ3n) is 4.80. The van der Waals surface area contributed by atoms with E-state index in [4.69, 9.17) is 0 Å². The number of aryl methyl sites for hydroxylation is 3. The maximum atomic E-state index is 4.44. The van der Waals surface area contributed by atoms with Crippen molar-refractivity contribution >= 4 is 5.57 Å². The Balaban J connectivity index is 1.93. The van der Waals surface area contributed by atoms with Gasteiger partial charge in [-0.05, 0) is 37.9 Å². The van der Waals surface area contributed by atoms with E-state index in [2.05, 4.69) is 50.6 Å². The minimum Gasteiger partial charge on any atom is -0.350 e. The summed E-state index contributed by atoms with van der Waals surface area (Å²) in [5, 5.41) is 8.59. The Bertz CT molecular complexity index is 696. The van der Waals surface area contributed by atoms with Crippen molar-refractivity contribution in [1.29, 1.82) is 0 Å². The number of fused-ring (bicyclic) bond motifs is 2. The minimum atomic E-state index is 0.968. The first-order valence-corrected chi connectivity index (χ1v) is 7.67. The molecule has 2 aliphatic heterocycles. The van der Waals surface area contributed by atoms with Gasteiger partial charge in [-0.3, -0.25) is 0 Å². The van der Waals surface area contributed by atoms with E-state index < -0.39 is 0 Å². The van der Waals surface area contributed by atoms with Crippen LogP contribution in [0.15, 0.2) is 24.2 Å². The predicted octanol–water partition coefficient (Wildman–Crippen LogP) is 1.70. The van der Waals surface area contributed by atoms with Crippen molar-refractivity contribution in [3.8, 4) is 0 Å². The van der Waals surface area contributed by atoms with E-state index in [-0.39, 0.29) is 0 Å². The number of hydrogen-bond acceptors (Lipinski definition) is 3. The van der Waals surface area contributed by atoms with Crippen LogP contribution in [0.1, 0.15) is 29.9 Å². The van der Waals surface area contributed by atoms with Crippen LogP contribution in [0.2, 0.25) is 0 Å². The first-order valence-electron chi connectivity index (χ1n) is 7.67. The first kappa shape index (κ1) is 12.8. The van der Waals surface area contributed by atoms with Crippen LogP contribution >= 0.6 is 0 Å². The van der Waals surface area contributed by atoms with Gasteiger partial charge in [-0.1, -0.05) is 5.57 Å². The van der Waals surface area contributed by atoms with Crippen LogP contribution in [0.25, 0.3) is 5.57 Å². The fraction of sp³-hybridized carbons (Fsp3) is 0.500. The maximum Gasteiger partial charge on any atom is 0.165 e. The number of rotatable bonds is 0. The lowest BCUT2D eigenvalue weighted by Gasteiger charge is -2.26. The first-order chi connectivity index (χ1) is 10.2. The van der Waals surface area contributed by atoms with Crippen LogP contribution in [-0.2, 0) is 20.0 Å². The van der Waals surface area contributed by atoms with Crippen LogP contribution in [0.5, 0.6) is 0 Å². The van der Waals surface area contributed by atoms with Crippen molar-refractivity contribution in [3.63, 3.8) is 0 Å². The van der Waals surface area contributed by atoms with Gasteiger partial charge in [0.1, 0.15) is 6.33 Å². The molecule has 21 heavy (non-hydrogen) atoms. The zero-order valence-corrected chi connectivity index (χ0v) is 12.7. The lowest BCUT2D eigenvalue weighted by atomic mass is 9.94. The molecule has 0 atom stereocenters. The van der Waals surface area contributed by atoms with Crippen LogP contribution in [0.4, 0.5) is 0 Å². The molecule has 2 aromatic rings. The molecule has 5 nitrogen and oxygen atoms in total. The summed E-state index contributed by atoms with van der Waals surface area (Å²) in [5.41, 5.74) is 5.65. The predicted molar refractivity (Wildman–Crippen MR) is 81.9 cm³/mol. The Labute approximate surface area is 124 Å². The second-order valence-electron chi connectivity index (χ2n) is 6.18.